The lowest BCUT2D eigenvalue weighted by Gasteiger charge is -2.36. The summed E-state index contributed by atoms with van der Waals surface area (Å²) in [5, 5.41) is 0. The van der Waals surface area contributed by atoms with Gasteiger partial charge in [-0.05, 0) is 48.9 Å². The monoisotopic (exact) mass is 373 g/mol. The fraction of sp³-hybridized carbons (Fsp3) is 0.429. The van der Waals surface area contributed by atoms with E-state index in [1.54, 1.807) is 35.5 Å². The van der Waals surface area contributed by atoms with E-state index in [2.05, 4.69) is 24.1 Å². The van der Waals surface area contributed by atoms with E-state index >= 15 is 0 Å². The van der Waals surface area contributed by atoms with Gasteiger partial charge in [0.1, 0.15) is 0 Å². The minimum Gasteiger partial charge on any atom is -0.493 e. The highest BCUT2D eigenvalue weighted by Gasteiger charge is 2.32. The number of benzene rings is 2. The van der Waals surface area contributed by atoms with Gasteiger partial charge in [0.2, 0.25) is 5.75 Å². The molecule has 0 radical (unpaired) electrons. The van der Waals surface area contributed by atoms with Crippen LogP contribution in [-0.2, 0) is 6.42 Å². The van der Waals surface area contributed by atoms with Crippen molar-refractivity contribution in [3.05, 3.63) is 41.0 Å². The van der Waals surface area contributed by atoms with Gasteiger partial charge in [0.25, 0.3) is 0 Å². The highest BCUT2D eigenvalue weighted by atomic mass is 16.5. The summed E-state index contributed by atoms with van der Waals surface area (Å²) in [6.45, 7) is 0.921. The lowest BCUT2D eigenvalue weighted by molar-refractivity contribution is 0.252. The SMILES string of the molecule is COc1cc2c(cc1OC)[C@H](c1ccc(OC)c(OC)c1OC)N(C)CC2. The minimum absolute atomic E-state index is 0.00307. The topological polar surface area (TPSA) is 49.4 Å². The molecule has 0 saturated heterocycles. The van der Waals surface area contributed by atoms with E-state index in [0.717, 1.165) is 30.0 Å². The summed E-state index contributed by atoms with van der Waals surface area (Å²) < 4.78 is 27.8. The van der Waals surface area contributed by atoms with Crippen molar-refractivity contribution in [1.29, 1.82) is 0 Å². The predicted molar refractivity (Wildman–Crippen MR) is 104 cm³/mol. The van der Waals surface area contributed by atoms with Gasteiger partial charge in [-0.15, -0.1) is 0 Å². The molecule has 0 aromatic heterocycles. The summed E-state index contributed by atoms with van der Waals surface area (Å²) in [5.41, 5.74) is 3.44. The molecule has 27 heavy (non-hydrogen) atoms. The van der Waals surface area contributed by atoms with Crippen LogP contribution >= 0.6 is 0 Å². The minimum atomic E-state index is 0.00307. The number of likely N-dealkylation sites (N-methyl/N-ethyl adjacent to an activating group) is 1. The summed E-state index contributed by atoms with van der Waals surface area (Å²) in [6.07, 6.45) is 0.943. The Balaban J connectivity index is 2.21. The van der Waals surface area contributed by atoms with Gasteiger partial charge in [-0.3, -0.25) is 4.90 Å². The number of rotatable bonds is 6. The first kappa shape index (κ1) is 19.2. The number of hydrogen-bond donors (Lipinski definition) is 0. The van der Waals surface area contributed by atoms with E-state index < -0.39 is 0 Å². The fourth-order valence-electron chi connectivity index (χ4n) is 3.82. The van der Waals surface area contributed by atoms with Crippen molar-refractivity contribution in [2.45, 2.75) is 12.5 Å². The number of fused-ring (bicyclic) bond motifs is 1. The Morgan fingerprint density at radius 3 is 1.96 bits per heavy atom. The molecule has 2 aromatic carbocycles. The Morgan fingerprint density at radius 1 is 0.741 bits per heavy atom. The van der Waals surface area contributed by atoms with Crippen LogP contribution in [0.2, 0.25) is 0 Å². The molecule has 0 bridgehead atoms. The Labute approximate surface area is 160 Å². The molecule has 1 aliphatic heterocycles. The number of hydrogen-bond acceptors (Lipinski definition) is 6. The Bertz CT molecular complexity index is 821. The van der Waals surface area contributed by atoms with E-state index in [-0.39, 0.29) is 6.04 Å². The molecule has 1 atom stereocenters. The second-order valence-electron chi connectivity index (χ2n) is 6.46. The lowest BCUT2D eigenvalue weighted by atomic mass is 9.87. The molecule has 6 heteroatoms. The molecular weight excluding hydrogens is 346 g/mol. The smallest absolute Gasteiger partial charge is 0.203 e. The molecule has 1 heterocycles. The van der Waals surface area contributed by atoms with Crippen molar-refractivity contribution in [1.82, 2.24) is 4.90 Å². The van der Waals surface area contributed by atoms with Crippen LogP contribution in [0.5, 0.6) is 28.7 Å². The van der Waals surface area contributed by atoms with Crippen LogP contribution in [0.3, 0.4) is 0 Å². The first-order valence-electron chi connectivity index (χ1n) is 8.83. The van der Waals surface area contributed by atoms with E-state index in [1.165, 1.54) is 11.1 Å². The van der Waals surface area contributed by atoms with Gasteiger partial charge in [-0.1, -0.05) is 0 Å². The maximum Gasteiger partial charge on any atom is 0.203 e. The van der Waals surface area contributed by atoms with Gasteiger partial charge >= 0.3 is 0 Å². The van der Waals surface area contributed by atoms with Gasteiger partial charge in [-0.2, -0.15) is 0 Å². The van der Waals surface area contributed by atoms with E-state index in [9.17, 15) is 0 Å². The van der Waals surface area contributed by atoms with Crippen LogP contribution < -0.4 is 23.7 Å². The quantitative estimate of drug-likeness (QED) is 0.774. The average Bonchev–Trinajstić information content (AvgIpc) is 2.71. The van der Waals surface area contributed by atoms with E-state index in [4.69, 9.17) is 23.7 Å². The van der Waals surface area contributed by atoms with Gasteiger partial charge in [-0.25, -0.2) is 0 Å². The van der Waals surface area contributed by atoms with E-state index in [1.807, 2.05) is 12.1 Å². The zero-order valence-electron chi connectivity index (χ0n) is 16.8. The molecule has 0 aliphatic carbocycles. The van der Waals surface area contributed by atoms with Crippen LogP contribution in [0.15, 0.2) is 24.3 Å². The largest absolute Gasteiger partial charge is 0.493 e. The van der Waals surface area contributed by atoms with Crippen LogP contribution in [-0.4, -0.2) is 54.0 Å². The van der Waals surface area contributed by atoms with Gasteiger partial charge in [0, 0.05) is 12.1 Å². The molecule has 0 saturated carbocycles. The zero-order chi connectivity index (χ0) is 19.6. The van der Waals surface area contributed by atoms with Crippen LogP contribution in [0.25, 0.3) is 0 Å². The predicted octanol–water partition coefficient (Wildman–Crippen LogP) is 3.31. The van der Waals surface area contributed by atoms with Gasteiger partial charge in [0.05, 0.1) is 41.6 Å². The second-order valence-corrected chi connectivity index (χ2v) is 6.46. The van der Waals surface area contributed by atoms with Crippen molar-refractivity contribution in [2.24, 2.45) is 0 Å². The normalized spacial score (nSPS) is 16.4. The molecule has 0 N–H and O–H groups in total. The summed E-state index contributed by atoms with van der Waals surface area (Å²) in [5.74, 6) is 3.38. The molecule has 0 unspecified atom stereocenters. The summed E-state index contributed by atoms with van der Waals surface area (Å²) in [4.78, 5) is 2.30. The Morgan fingerprint density at radius 2 is 1.37 bits per heavy atom. The van der Waals surface area contributed by atoms with Gasteiger partial charge < -0.3 is 23.7 Å². The molecule has 2 aromatic rings. The maximum absolute atomic E-state index is 5.74. The molecule has 6 nitrogen and oxygen atoms in total. The third-order valence-electron chi connectivity index (χ3n) is 5.14. The van der Waals surface area contributed by atoms with E-state index in [0.29, 0.717) is 17.2 Å². The third-order valence-corrected chi connectivity index (χ3v) is 5.14. The van der Waals surface area contributed by atoms with Crippen LogP contribution in [0.1, 0.15) is 22.7 Å². The Hall–Kier alpha value is -2.60. The number of nitrogens with zero attached hydrogens (tertiary/aromatic N) is 1. The first-order chi connectivity index (χ1) is 13.1. The molecule has 0 amide bonds. The molecule has 0 spiro atoms. The standard InChI is InChI=1S/C21H27NO5/c1-22-10-9-13-11-17(24-3)18(25-4)12-15(13)19(22)14-7-8-16(23-2)21(27-6)20(14)26-5/h7-8,11-12,19H,9-10H2,1-6H3/t19-/m0/s1. The highest BCUT2D eigenvalue weighted by Crippen LogP contribution is 2.47. The fourth-order valence-corrected chi connectivity index (χ4v) is 3.82. The molecule has 146 valence electrons. The summed E-state index contributed by atoms with van der Waals surface area (Å²) in [6, 6.07) is 8.09. The Kier molecular flexibility index (Phi) is 5.65. The molecular formula is C21H27NO5. The summed E-state index contributed by atoms with van der Waals surface area (Å²) >= 11 is 0. The highest BCUT2D eigenvalue weighted by molar-refractivity contribution is 5.60. The third kappa shape index (κ3) is 3.25. The number of ether oxygens (including phenoxy) is 5. The van der Waals surface area contributed by atoms with Crippen LogP contribution in [0.4, 0.5) is 0 Å². The number of methoxy groups -OCH3 is 5. The first-order valence-corrected chi connectivity index (χ1v) is 8.83. The average molecular weight is 373 g/mol. The van der Waals surface area contributed by atoms with Crippen molar-refractivity contribution < 1.29 is 23.7 Å². The van der Waals surface area contributed by atoms with Crippen molar-refractivity contribution in [3.8, 4) is 28.7 Å². The molecule has 0 fully saturated rings. The molecule has 3 rings (SSSR count). The summed E-state index contributed by atoms with van der Waals surface area (Å²) in [7, 11) is 10.3. The van der Waals surface area contributed by atoms with Gasteiger partial charge in [0.15, 0.2) is 23.0 Å². The zero-order valence-corrected chi connectivity index (χ0v) is 16.8. The second kappa shape index (κ2) is 7.96. The lowest BCUT2D eigenvalue weighted by Crippen LogP contribution is -2.33. The van der Waals surface area contributed by atoms with Crippen molar-refractivity contribution in [2.75, 3.05) is 49.1 Å². The maximum atomic E-state index is 5.74. The van der Waals surface area contributed by atoms with Crippen LogP contribution in [0, 0.1) is 0 Å². The van der Waals surface area contributed by atoms with Crippen molar-refractivity contribution in [3.63, 3.8) is 0 Å². The molecule has 1 aliphatic rings. The van der Waals surface area contributed by atoms with Crippen molar-refractivity contribution >= 4 is 0 Å².